The van der Waals surface area contributed by atoms with E-state index >= 15 is 0 Å². The Kier molecular flexibility index (Phi) is 9.62. The third kappa shape index (κ3) is 6.46. The van der Waals surface area contributed by atoms with Crippen molar-refractivity contribution in [3.63, 3.8) is 0 Å². The molecule has 1 aromatic heterocycles. The highest BCUT2D eigenvalue weighted by atomic mass is 19.1. The van der Waals surface area contributed by atoms with Crippen LogP contribution in [0.15, 0.2) is 60.7 Å². The number of hydrogen-bond donors (Lipinski definition) is 1. The standard InChI is InChI=1S/C33H38FN5O5/c1-21(39-27-13-9-8-12-26(27)36-37-39)33(41)38(20-22-14-16-24(34)17-15-22)30(32(40)35-25-10-6-5-7-11-25)23-18-28(42-2)31(44-4)29(19-23)43-3/h8-9,12-19,21,25,30H,5-7,10-11,20H2,1-4H3,(H,35,40). The van der Waals surface area contributed by atoms with E-state index in [-0.39, 0.29) is 24.4 Å². The Morgan fingerprint density at radius 3 is 2.27 bits per heavy atom. The lowest BCUT2D eigenvalue weighted by Crippen LogP contribution is -2.48. The summed E-state index contributed by atoms with van der Waals surface area (Å²) < 4.78 is 32.2. The molecule has 10 nitrogen and oxygen atoms in total. The fraction of sp³-hybridized carbons (Fsp3) is 0.394. The molecule has 1 aliphatic carbocycles. The van der Waals surface area contributed by atoms with Crippen LogP contribution < -0.4 is 19.5 Å². The lowest BCUT2D eigenvalue weighted by Gasteiger charge is -2.35. The molecule has 0 bridgehead atoms. The third-order valence-corrected chi connectivity index (χ3v) is 8.17. The van der Waals surface area contributed by atoms with E-state index in [1.807, 2.05) is 24.3 Å². The normalized spacial score (nSPS) is 14.9. The molecule has 4 aromatic rings. The van der Waals surface area contributed by atoms with E-state index in [4.69, 9.17) is 14.2 Å². The topological polar surface area (TPSA) is 108 Å². The van der Waals surface area contributed by atoms with Crippen LogP contribution in [0.25, 0.3) is 11.0 Å². The number of carbonyl (C=O) groups is 2. The first kappa shape index (κ1) is 30.8. The van der Waals surface area contributed by atoms with Gasteiger partial charge >= 0.3 is 0 Å². The summed E-state index contributed by atoms with van der Waals surface area (Å²) in [6, 6.07) is 14.7. The van der Waals surface area contributed by atoms with Crippen molar-refractivity contribution in [2.45, 2.75) is 63.7 Å². The molecule has 2 unspecified atom stereocenters. The number of halogens is 1. The first-order valence-electron chi connectivity index (χ1n) is 14.8. The van der Waals surface area contributed by atoms with Gasteiger partial charge in [-0.15, -0.1) is 5.10 Å². The highest BCUT2D eigenvalue weighted by Crippen LogP contribution is 2.41. The van der Waals surface area contributed by atoms with Gasteiger partial charge in [0.25, 0.3) is 0 Å². The maximum atomic E-state index is 14.6. The second-order valence-electron chi connectivity index (χ2n) is 11.0. The van der Waals surface area contributed by atoms with Gasteiger partial charge in [-0.1, -0.05) is 48.7 Å². The Morgan fingerprint density at radius 1 is 0.977 bits per heavy atom. The number of rotatable bonds is 11. The van der Waals surface area contributed by atoms with Crippen molar-refractivity contribution in [2.24, 2.45) is 0 Å². The number of methoxy groups -OCH3 is 3. The lowest BCUT2D eigenvalue weighted by atomic mass is 9.94. The van der Waals surface area contributed by atoms with Crippen LogP contribution in [-0.4, -0.2) is 59.1 Å². The zero-order chi connectivity index (χ0) is 31.2. The van der Waals surface area contributed by atoms with Crippen LogP contribution in [0.5, 0.6) is 17.2 Å². The molecular weight excluding hydrogens is 565 g/mol. The average Bonchev–Trinajstić information content (AvgIpc) is 3.49. The van der Waals surface area contributed by atoms with Crippen molar-refractivity contribution in [1.29, 1.82) is 0 Å². The minimum Gasteiger partial charge on any atom is -0.493 e. The van der Waals surface area contributed by atoms with E-state index < -0.39 is 17.9 Å². The molecule has 5 rings (SSSR count). The Labute approximate surface area is 256 Å². The summed E-state index contributed by atoms with van der Waals surface area (Å²) in [5.74, 6) is -0.0437. The van der Waals surface area contributed by atoms with Gasteiger partial charge in [-0.05, 0) is 67.3 Å². The molecular formula is C33H38FN5O5. The second-order valence-corrected chi connectivity index (χ2v) is 11.0. The Morgan fingerprint density at radius 2 is 1.64 bits per heavy atom. The van der Waals surface area contributed by atoms with E-state index in [2.05, 4.69) is 15.6 Å². The molecule has 1 fully saturated rings. The molecule has 1 N–H and O–H groups in total. The van der Waals surface area contributed by atoms with E-state index in [9.17, 15) is 14.0 Å². The smallest absolute Gasteiger partial charge is 0.248 e. The summed E-state index contributed by atoms with van der Waals surface area (Å²) in [5, 5.41) is 11.7. The second kappa shape index (κ2) is 13.7. The van der Waals surface area contributed by atoms with Crippen LogP contribution in [0.3, 0.4) is 0 Å². The van der Waals surface area contributed by atoms with Crippen LogP contribution in [0, 0.1) is 5.82 Å². The van der Waals surface area contributed by atoms with Crippen molar-refractivity contribution in [2.75, 3.05) is 21.3 Å². The first-order chi connectivity index (χ1) is 21.3. The Balaban J connectivity index is 1.64. The summed E-state index contributed by atoms with van der Waals surface area (Å²) >= 11 is 0. The summed E-state index contributed by atoms with van der Waals surface area (Å²) in [7, 11) is 4.50. The van der Waals surface area contributed by atoms with Crippen LogP contribution >= 0.6 is 0 Å². The molecule has 2 amide bonds. The predicted molar refractivity (Wildman–Crippen MR) is 163 cm³/mol. The predicted octanol–water partition coefficient (Wildman–Crippen LogP) is 5.38. The lowest BCUT2D eigenvalue weighted by molar-refractivity contribution is -0.144. The molecule has 1 heterocycles. The van der Waals surface area contributed by atoms with E-state index in [1.54, 1.807) is 35.9 Å². The van der Waals surface area contributed by atoms with Crippen molar-refractivity contribution >= 4 is 22.8 Å². The fourth-order valence-corrected chi connectivity index (χ4v) is 5.86. The highest BCUT2D eigenvalue weighted by Gasteiger charge is 2.37. The monoisotopic (exact) mass is 603 g/mol. The maximum absolute atomic E-state index is 14.6. The Hall–Kier alpha value is -4.67. The van der Waals surface area contributed by atoms with Gasteiger partial charge in [0.1, 0.15) is 23.4 Å². The summed E-state index contributed by atoms with van der Waals surface area (Å²) in [4.78, 5) is 30.5. The number of aromatic nitrogens is 3. The van der Waals surface area contributed by atoms with Gasteiger partial charge in [0.05, 0.1) is 26.8 Å². The van der Waals surface area contributed by atoms with Gasteiger partial charge < -0.3 is 24.4 Å². The molecule has 44 heavy (non-hydrogen) atoms. The van der Waals surface area contributed by atoms with Gasteiger partial charge in [0.15, 0.2) is 11.5 Å². The maximum Gasteiger partial charge on any atom is 0.248 e. The molecule has 0 radical (unpaired) electrons. The number of carbonyl (C=O) groups excluding carboxylic acids is 2. The number of nitrogens with zero attached hydrogens (tertiary/aromatic N) is 4. The zero-order valence-electron chi connectivity index (χ0n) is 25.5. The van der Waals surface area contributed by atoms with E-state index in [0.29, 0.717) is 39.4 Å². The van der Waals surface area contributed by atoms with E-state index in [0.717, 1.165) is 32.1 Å². The van der Waals surface area contributed by atoms with Gasteiger partial charge in [-0.25, -0.2) is 9.07 Å². The number of para-hydroxylation sites is 1. The quantitative estimate of drug-likeness (QED) is 0.245. The van der Waals surface area contributed by atoms with Crippen LogP contribution in [-0.2, 0) is 16.1 Å². The van der Waals surface area contributed by atoms with Crippen molar-refractivity contribution in [3.8, 4) is 17.2 Å². The molecule has 3 aromatic carbocycles. The summed E-state index contributed by atoms with van der Waals surface area (Å²) in [5.41, 5.74) is 2.46. The first-order valence-corrected chi connectivity index (χ1v) is 14.8. The van der Waals surface area contributed by atoms with Gasteiger partial charge in [-0.2, -0.15) is 0 Å². The van der Waals surface area contributed by atoms with Gasteiger partial charge in [0.2, 0.25) is 17.6 Å². The van der Waals surface area contributed by atoms with Crippen LogP contribution in [0.2, 0.25) is 0 Å². The molecule has 0 spiro atoms. The average molecular weight is 604 g/mol. The molecule has 0 saturated heterocycles. The van der Waals surface area contributed by atoms with Crippen molar-refractivity contribution < 1.29 is 28.2 Å². The molecule has 0 aliphatic heterocycles. The van der Waals surface area contributed by atoms with Crippen molar-refractivity contribution in [3.05, 3.63) is 77.6 Å². The SMILES string of the molecule is COc1cc(C(C(=O)NC2CCCCC2)N(Cc2ccc(F)cc2)C(=O)C(C)n2nnc3ccccc32)cc(OC)c1OC. The van der Waals surface area contributed by atoms with Gasteiger partial charge in [0, 0.05) is 12.6 Å². The van der Waals surface area contributed by atoms with Gasteiger partial charge in [-0.3, -0.25) is 9.59 Å². The minimum absolute atomic E-state index is 0.0137. The third-order valence-electron chi connectivity index (χ3n) is 8.17. The number of nitrogens with one attached hydrogen (secondary N) is 1. The summed E-state index contributed by atoms with van der Waals surface area (Å²) in [6.45, 7) is 1.75. The molecule has 1 aliphatic rings. The Bertz CT molecular complexity index is 1580. The summed E-state index contributed by atoms with van der Waals surface area (Å²) in [6.07, 6.45) is 4.89. The van der Waals surface area contributed by atoms with Crippen LogP contribution in [0.4, 0.5) is 4.39 Å². The minimum atomic E-state index is -1.10. The number of ether oxygens (including phenoxy) is 3. The molecule has 232 valence electrons. The molecule has 1 saturated carbocycles. The van der Waals surface area contributed by atoms with Crippen LogP contribution in [0.1, 0.15) is 62.2 Å². The highest BCUT2D eigenvalue weighted by molar-refractivity contribution is 5.91. The molecule has 11 heteroatoms. The fourth-order valence-electron chi connectivity index (χ4n) is 5.86. The number of benzene rings is 3. The number of amides is 2. The molecule has 2 atom stereocenters. The largest absolute Gasteiger partial charge is 0.493 e. The van der Waals surface area contributed by atoms with Crippen molar-refractivity contribution in [1.82, 2.24) is 25.2 Å². The number of fused-ring (bicyclic) bond motifs is 1. The van der Waals surface area contributed by atoms with E-state index in [1.165, 1.54) is 38.4 Å². The zero-order valence-corrected chi connectivity index (χ0v) is 25.5. The number of hydrogen-bond acceptors (Lipinski definition) is 7.